The SMILES string of the molecule is COc1ccc(Cl)cc1NC(=S)Nc1c(F)cc(F)cc1Br. The van der Waals surface area contributed by atoms with Crippen LogP contribution < -0.4 is 15.4 Å². The minimum absolute atomic E-state index is 0.0277. The molecule has 0 aliphatic heterocycles. The van der Waals surface area contributed by atoms with Gasteiger partial charge < -0.3 is 15.4 Å². The molecule has 0 aliphatic carbocycles. The number of hydrogen-bond acceptors (Lipinski definition) is 2. The molecule has 0 radical (unpaired) electrons. The molecule has 8 heteroatoms. The van der Waals surface area contributed by atoms with Gasteiger partial charge in [-0.1, -0.05) is 11.6 Å². The van der Waals surface area contributed by atoms with E-state index in [-0.39, 0.29) is 15.3 Å². The predicted octanol–water partition coefficient (Wildman–Crippen LogP) is 5.20. The molecule has 2 rings (SSSR count). The van der Waals surface area contributed by atoms with Gasteiger partial charge in [-0.25, -0.2) is 8.78 Å². The molecule has 0 aliphatic rings. The van der Waals surface area contributed by atoms with Crippen LogP contribution >= 0.6 is 39.7 Å². The third-order valence-electron chi connectivity index (χ3n) is 2.66. The van der Waals surface area contributed by atoms with Crippen LogP contribution in [0.25, 0.3) is 0 Å². The molecule has 0 amide bonds. The number of nitrogens with one attached hydrogen (secondary N) is 2. The van der Waals surface area contributed by atoms with Gasteiger partial charge in [-0.15, -0.1) is 0 Å². The van der Waals surface area contributed by atoms with Gasteiger partial charge >= 0.3 is 0 Å². The molecular formula is C14H10BrClF2N2OS. The second-order valence-electron chi connectivity index (χ2n) is 4.17. The smallest absolute Gasteiger partial charge is 0.175 e. The number of rotatable bonds is 3. The molecule has 0 spiro atoms. The quantitative estimate of drug-likeness (QED) is 0.685. The molecule has 2 N–H and O–H groups in total. The van der Waals surface area contributed by atoms with Crippen LogP contribution in [0.3, 0.4) is 0 Å². The van der Waals surface area contributed by atoms with Gasteiger partial charge in [0.25, 0.3) is 0 Å². The summed E-state index contributed by atoms with van der Waals surface area (Å²) in [7, 11) is 1.50. The van der Waals surface area contributed by atoms with Gasteiger partial charge in [0, 0.05) is 15.6 Å². The first kappa shape index (κ1) is 16.9. The Hall–Kier alpha value is -1.44. The van der Waals surface area contributed by atoms with Crippen molar-refractivity contribution >= 4 is 56.2 Å². The summed E-state index contributed by atoms with van der Waals surface area (Å²) in [6.45, 7) is 0. The maximum absolute atomic E-state index is 13.8. The molecule has 0 unspecified atom stereocenters. The zero-order chi connectivity index (χ0) is 16.3. The highest BCUT2D eigenvalue weighted by Crippen LogP contribution is 2.29. The first-order chi connectivity index (χ1) is 10.4. The fourth-order valence-electron chi connectivity index (χ4n) is 1.71. The molecule has 116 valence electrons. The Labute approximate surface area is 144 Å². The largest absolute Gasteiger partial charge is 0.495 e. The third-order valence-corrected chi connectivity index (χ3v) is 3.72. The molecule has 0 fully saturated rings. The van der Waals surface area contributed by atoms with Crippen LogP contribution in [0, 0.1) is 11.6 Å². The third kappa shape index (κ3) is 4.06. The van der Waals surface area contributed by atoms with Crippen LogP contribution in [0.4, 0.5) is 20.2 Å². The van der Waals surface area contributed by atoms with Crippen molar-refractivity contribution in [1.82, 2.24) is 0 Å². The lowest BCUT2D eigenvalue weighted by Crippen LogP contribution is -2.20. The highest BCUT2D eigenvalue weighted by Gasteiger charge is 2.12. The lowest BCUT2D eigenvalue weighted by Gasteiger charge is -2.15. The number of anilines is 2. The van der Waals surface area contributed by atoms with E-state index in [0.717, 1.165) is 12.1 Å². The number of halogens is 4. The molecule has 0 heterocycles. The van der Waals surface area contributed by atoms with Crippen LogP contribution in [0.2, 0.25) is 5.02 Å². The number of ether oxygens (including phenoxy) is 1. The van der Waals surface area contributed by atoms with Gasteiger partial charge in [-0.05, 0) is 52.4 Å². The average Bonchev–Trinajstić information content (AvgIpc) is 2.43. The number of methoxy groups -OCH3 is 1. The summed E-state index contributed by atoms with van der Waals surface area (Å²) in [5.74, 6) is -0.938. The second kappa shape index (κ2) is 7.21. The zero-order valence-electron chi connectivity index (χ0n) is 11.2. The fourth-order valence-corrected chi connectivity index (χ4v) is 2.60. The van der Waals surface area contributed by atoms with Gasteiger partial charge in [0.1, 0.15) is 11.6 Å². The molecule has 0 atom stereocenters. The Morgan fingerprint density at radius 3 is 2.59 bits per heavy atom. The summed E-state index contributed by atoms with van der Waals surface area (Å²) in [5, 5.41) is 6.10. The first-order valence-electron chi connectivity index (χ1n) is 5.97. The molecule has 3 nitrogen and oxygen atoms in total. The van der Waals surface area contributed by atoms with E-state index in [0.29, 0.717) is 16.5 Å². The summed E-state index contributed by atoms with van der Waals surface area (Å²) in [5.41, 5.74) is 0.547. The molecule has 2 aromatic rings. The summed E-state index contributed by atoms with van der Waals surface area (Å²) in [4.78, 5) is 0. The molecule has 0 saturated heterocycles. The minimum Gasteiger partial charge on any atom is -0.495 e. The number of benzene rings is 2. The molecule has 0 bridgehead atoms. The predicted molar refractivity (Wildman–Crippen MR) is 91.9 cm³/mol. The highest BCUT2D eigenvalue weighted by molar-refractivity contribution is 9.10. The average molecular weight is 408 g/mol. The Balaban J connectivity index is 2.19. The summed E-state index contributed by atoms with van der Waals surface area (Å²) >= 11 is 14.1. The Morgan fingerprint density at radius 1 is 1.23 bits per heavy atom. The normalized spacial score (nSPS) is 10.2. The van der Waals surface area contributed by atoms with Crippen molar-refractivity contribution < 1.29 is 13.5 Å². The van der Waals surface area contributed by atoms with E-state index in [1.54, 1.807) is 18.2 Å². The van der Waals surface area contributed by atoms with Crippen LogP contribution in [0.15, 0.2) is 34.8 Å². The fraction of sp³-hybridized carbons (Fsp3) is 0.0714. The minimum atomic E-state index is -0.769. The van der Waals surface area contributed by atoms with Crippen LogP contribution in [0.1, 0.15) is 0 Å². The van der Waals surface area contributed by atoms with Gasteiger partial charge in [0.05, 0.1) is 18.5 Å². The van der Waals surface area contributed by atoms with E-state index in [1.807, 2.05) is 0 Å². The van der Waals surface area contributed by atoms with E-state index >= 15 is 0 Å². The Bertz CT molecular complexity index is 707. The van der Waals surface area contributed by atoms with Crippen LogP contribution in [0.5, 0.6) is 5.75 Å². The van der Waals surface area contributed by atoms with Crippen LogP contribution in [-0.4, -0.2) is 12.2 Å². The lowest BCUT2D eigenvalue weighted by atomic mass is 10.3. The van der Waals surface area contributed by atoms with E-state index in [4.69, 9.17) is 28.6 Å². The maximum Gasteiger partial charge on any atom is 0.175 e. The Morgan fingerprint density at radius 2 is 1.95 bits per heavy atom. The van der Waals surface area contributed by atoms with Crippen LogP contribution in [-0.2, 0) is 0 Å². The van der Waals surface area contributed by atoms with Gasteiger partial charge in [-0.2, -0.15) is 0 Å². The number of thiocarbonyl (C=S) groups is 1. The Kier molecular flexibility index (Phi) is 5.55. The standard InChI is InChI=1S/C14H10BrClF2N2OS/c1-21-12-3-2-7(16)4-11(12)19-14(22)20-13-9(15)5-8(17)6-10(13)18/h2-6H,1H3,(H2,19,20,22). The number of hydrogen-bond donors (Lipinski definition) is 2. The van der Waals surface area contributed by atoms with Crippen molar-refractivity contribution in [2.24, 2.45) is 0 Å². The molecule has 0 aromatic heterocycles. The van der Waals surface area contributed by atoms with Crippen molar-refractivity contribution in [3.05, 3.63) is 51.5 Å². The van der Waals surface area contributed by atoms with Crippen molar-refractivity contribution in [3.63, 3.8) is 0 Å². The van der Waals surface area contributed by atoms with E-state index < -0.39 is 11.6 Å². The monoisotopic (exact) mass is 406 g/mol. The van der Waals surface area contributed by atoms with Crippen molar-refractivity contribution in [2.75, 3.05) is 17.7 Å². The van der Waals surface area contributed by atoms with Crippen molar-refractivity contribution in [2.45, 2.75) is 0 Å². The summed E-state index contributed by atoms with van der Waals surface area (Å²) in [6.07, 6.45) is 0. The van der Waals surface area contributed by atoms with Crippen molar-refractivity contribution in [1.29, 1.82) is 0 Å². The topological polar surface area (TPSA) is 33.3 Å². The maximum atomic E-state index is 13.8. The lowest BCUT2D eigenvalue weighted by molar-refractivity contribution is 0.417. The summed E-state index contributed by atoms with van der Waals surface area (Å²) in [6, 6.07) is 6.84. The second-order valence-corrected chi connectivity index (χ2v) is 5.87. The first-order valence-corrected chi connectivity index (χ1v) is 7.54. The molecule has 2 aromatic carbocycles. The summed E-state index contributed by atoms with van der Waals surface area (Å²) < 4.78 is 32.2. The van der Waals surface area contributed by atoms with Gasteiger partial charge in [-0.3, -0.25) is 0 Å². The van der Waals surface area contributed by atoms with Gasteiger partial charge in [0.15, 0.2) is 10.9 Å². The van der Waals surface area contributed by atoms with E-state index in [2.05, 4.69) is 26.6 Å². The van der Waals surface area contributed by atoms with E-state index in [9.17, 15) is 8.78 Å². The molecular weight excluding hydrogens is 398 g/mol. The van der Waals surface area contributed by atoms with Crippen molar-refractivity contribution in [3.8, 4) is 5.75 Å². The zero-order valence-corrected chi connectivity index (χ0v) is 14.4. The van der Waals surface area contributed by atoms with Gasteiger partial charge in [0.2, 0.25) is 0 Å². The molecule has 22 heavy (non-hydrogen) atoms. The molecule has 0 saturated carbocycles. The van der Waals surface area contributed by atoms with E-state index in [1.165, 1.54) is 7.11 Å². The highest BCUT2D eigenvalue weighted by atomic mass is 79.9.